The van der Waals surface area contributed by atoms with Crippen molar-refractivity contribution in [3.63, 3.8) is 0 Å². The summed E-state index contributed by atoms with van der Waals surface area (Å²) in [6.45, 7) is 2.05. The maximum absolute atomic E-state index is 5.65. The second-order valence-corrected chi connectivity index (χ2v) is 4.56. The molecule has 0 heterocycles. The molecule has 16 heavy (non-hydrogen) atoms. The number of hydrogen-bond donors (Lipinski definition) is 2. The van der Waals surface area contributed by atoms with Gasteiger partial charge < -0.3 is 4.74 Å². The molecule has 0 aromatic heterocycles. The van der Waals surface area contributed by atoms with Gasteiger partial charge in [0.15, 0.2) is 0 Å². The molecule has 3 heteroatoms. The van der Waals surface area contributed by atoms with Gasteiger partial charge in [0.05, 0.1) is 7.11 Å². The van der Waals surface area contributed by atoms with Crippen LogP contribution in [-0.4, -0.2) is 7.11 Å². The van der Waals surface area contributed by atoms with E-state index in [1.165, 1.54) is 24.8 Å². The molecule has 0 spiro atoms. The quantitative estimate of drug-likeness (QED) is 0.604. The largest absolute Gasteiger partial charge is 0.496 e. The van der Waals surface area contributed by atoms with E-state index in [9.17, 15) is 0 Å². The molecule has 0 bridgehead atoms. The van der Waals surface area contributed by atoms with Gasteiger partial charge in [-0.05, 0) is 42.9 Å². The van der Waals surface area contributed by atoms with Crippen molar-refractivity contribution in [2.24, 2.45) is 11.8 Å². The molecular weight excluding hydrogens is 200 g/mol. The van der Waals surface area contributed by atoms with Crippen LogP contribution in [0.15, 0.2) is 18.2 Å². The normalized spacial score (nSPS) is 17.9. The predicted molar refractivity (Wildman–Crippen MR) is 65.1 cm³/mol. The topological polar surface area (TPSA) is 47.3 Å². The van der Waals surface area contributed by atoms with Crippen molar-refractivity contribution in [3.8, 4) is 5.75 Å². The Morgan fingerprint density at radius 1 is 1.44 bits per heavy atom. The Morgan fingerprint density at radius 2 is 2.19 bits per heavy atom. The van der Waals surface area contributed by atoms with Gasteiger partial charge in [0.1, 0.15) is 5.75 Å². The summed E-state index contributed by atoms with van der Waals surface area (Å²) >= 11 is 0. The highest BCUT2D eigenvalue weighted by molar-refractivity contribution is 5.38. The van der Waals surface area contributed by atoms with Gasteiger partial charge in [-0.25, -0.2) is 0 Å². The maximum Gasteiger partial charge on any atom is 0.122 e. The number of nitrogens with one attached hydrogen (secondary N) is 1. The Kier molecular flexibility index (Phi) is 3.46. The molecule has 2 rings (SSSR count). The Bertz CT molecular complexity index is 361. The van der Waals surface area contributed by atoms with E-state index < -0.39 is 0 Å². The minimum atomic E-state index is 0.267. The minimum Gasteiger partial charge on any atom is -0.496 e. The van der Waals surface area contributed by atoms with Gasteiger partial charge in [-0.2, -0.15) is 0 Å². The molecule has 1 fully saturated rings. The van der Waals surface area contributed by atoms with Crippen LogP contribution >= 0.6 is 0 Å². The third kappa shape index (κ3) is 2.06. The summed E-state index contributed by atoms with van der Waals surface area (Å²) in [5, 5.41) is 0. The van der Waals surface area contributed by atoms with Crippen molar-refractivity contribution in [1.29, 1.82) is 0 Å². The molecule has 3 nitrogen and oxygen atoms in total. The summed E-state index contributed by atoms with van der Waals surface area (Å²) in [4.78, 5) is 0. The number of ether oxygens (including phenoxy) is 1. The molecule has 1 aliphatic carbocycles. The molecule has 0 amide bonds. The fraction of sp³-hybridized carbons (Fsp3) is 0.538. The van der Waals surface area contributed by atoms with E-state index in [4.69, 9.17) is 10.6 Å². The summed E-state index contributed by atoms with van der Waals surface area (Å²) in [6.07, 6.45) is 3.86. The molecule has 1 aromatic carbocycles. The molecule has 1 saturated carbocycles. The molecule has 88 valence electrons. The molecule has 1 aliphatic rings. The van der Waals surface area contributed by atoms with E-state index in [-0.39, 0.29) is 6.04 Å². The number of nitrogens with two attached hydrogens (primary N) is 1. The maximum atomic E-state index is 5.65. The molecule has 1 atom stereocenters. The monoisotopic (exact) mass is 220 g/mol. The molecule has 0 aliphatic heterocycles. The smallest absolute Gasteiger partial charge is 0.122 e. The van der Waals surface area contributed by atoms with Crippen LogP contribution in [0.1, 0.15) is 36.4 Å². The third-order valence-electron chi connectivity index (χ3n) is 3.59. The zero-order valence-electron chi connectivity index (χ0n) is 9.99. The molecule has 3 N–H and O–H groups in total. The minimum absolute atomic E-state index is 0.267. The molecular formula is C13H20N2O. The number of hydrogen-bond acceptors (Lipinski definition) is 3. The zero-order chi connectivity index (χ0) is 11.5. The second-order valence-electron chi connectivity index (χ2n) is 4.56. The fourth-order valence-electron chi connectivity index (χ4n) is 2.31. The fourth-order valence-corrected chi connectivity index (χ4v) is 2.31. The number of rotatable bonds is 4. The third-order valence-corrected chi connectivity index (χ3v) is 3.59. The highest BCUT2D eigenvalue weighted by atomic mass is 16.5. The van der Waals surface area contributed by atoms with Crippen molar-refractivity contribution in [2.45, 2.75) is 32.2 Å². The lowest BCUT2D eigenvalue weighted by molar-refractivity contribution is 0.232. The Balaban J connectivity index is 2.23. The van der Waals surface area contributed by atoms with Gasteiger partial charge in [-0.3, -0.25) is 11.3 Å². The summed E-state index contributed by atoms with van der Waals surface area (Å²) in [5.41, 5.74) is 5.33. The van der Waals surface area contributed by atoms with Crippen LogP contribution in [-0.2, 0) is 0 Å². The number of benzene rings is 1. The number of aryl methyl sites for hydroxylation is 1. The van der Waals surface area contributed by atoms with Gasteiger partial charge >= 0.3 is 0 Å². The van der Waals surface area contributed by atoms with E-state index in [1.807, 2.05) is 0 Å². The summed E-state index contributed by atoms with van der Waals surface area (Å²) in [7, 11) is 1.71. The lowest BCUT2D eigenvalue weighted by atomic mass is 9.77. The predicted octanol–water partition coefficient (Wildman–Crippen LogP) is 2.31. The van der Waals surface area contributed by atoms with Crippen molar-refractivity contribution >= 4 is 0 Å². The Hall–Kier alpha value is -1.06. The lowest BCUT2D eigenvalue weighted by Gasteiger charge is -2.33. The van der Waals surface area contributed by atoms with Gasteiger partial charge in [-0.1, -0.05) is 18.6 Å². The van der Waals surface area contributed by atoms with E-state index in [1.54, 1.807) is 7.11 Å². The molecule has 1 unspecified atom stereocenters. The van der Waals surface area contributed by atoms with Crippen LogP contribution < -0.4 is 16.0 Å². The van der Waals surface area contributed by atoms with Gasteiger partial charge in [-0.15, -0.1) is 0 Å². The van der Waals surface area contributed by atoms with Gasteiger partial charge in [0, 0.05) is 6.04 Å². The van der Waals surface area contributed by atoms with Crippen LogP contribution in [0.4, 0.5) is 0 Å². The SMILES string of the molecule is COc1cc(C(NN)C2CCC2)ccc1C. The molecule has 0 radical (unpaired) electrons. The van der Waals surface area contributed by atoms with Crippen molar-refractivity contribution < 1.29 is 4.74 Å². The van der Waals surface area contributed by atoms with Crippen LogP contribution in [0.2, 0.25) is 0 Å². The highest BCUT2D eigenvalue weighted by Gasteiger charge is 2.27. The Labute approximate surface area is 97.0 Å². The van der Waals surface area contributed by atoms with E-state index >= 15 is 0 Å². The van der Waals surface area contributed by atoms with E-state index in [0.717, 1.165) is 11.3 Å². The lowest BCUT2D eigenvalue weighted by Crippen LogP contribution is -2.36. The summed E-state index contributed by atoms with van der Waals surface area (Å²) in [6, 6.07) is 6.60. The van der Waals surface area contributed by atoms with Crippen molar-refractivity contribution in [3.05, 3.63) is 29.3 Å². The van der Waals surface area contributed by atoms with Gasteiger partial charge in [0.2, 0.25) is 0 Å². The van der Waals surface area contributed by atoms with Crippen LogP contribution in [0.5, 0.6) is 5.75 Å². The average molecular weight is 220 g/mol. The van der Waals surface area contributed by atoms with Crippen LogP contribution in [0.3, 0.4) is 0 Å². The molecule has 0 saturated heterocycles. The Morgan fingerprint density at radius 3 is 2.69 bits per heavy atom. The number of methoxy groups -OCH3 is 1. The standard InChI is InChI=1S/C13H20N2O/c1-9-6-7-11(8-12(9)16-2)13(15-14)10-4-3-5-10/h6-8,10,13,15H,3-5,14H2,1-2H3. The molecule has 1 aromatic rings. The average Bonchev–Trinajstić information content (AvgIpc) is 2.24. The highest BCUT2D eigenvalue weighted by Crippen LogP contribution is 2.38. The first-order valence-corrected chi connectivity index (χ1v) is 5.87. The first kappa shape index (κ1) is 11.4. The second kappa shape index (κ2) is 4.85. The van der Waals surface area contributed by atoms with E-state index in [0.29, 0.717) is 5.92 Å². The van der Waals surface area contributed by atoms with Crippen molar-refractivity contribution in [1.82, 2.24) is 5.43 Å². The van der Waals surface area contributed by atoms with Crippen LogP contribution in [0.25, 0.3) is 0 Å². The van der Waals surface area contributed by atoms with Crippen LogP contribution in [0, 0.1) is 12.8 Å². The van der Waals surface area contributed by atoms with Gasteiger partial charge in [0.25, 0.3) is 0 Å². The first-order chi connectivity index (χ1) is 7.76. The van der Waals surface area contributed by atoms with Crippen molar-refractivity contribution in [2.75, 3.05) is 7.11 Å². The summed E-state index contributed by atoms with van der Waals surface area (Å²) in [5.74, 6) is 7.27. The first-order valence-electron chi connectivity index (χ1n) is 5.87. The zero-order valence-corrected chi connectivity index (χ0v) is 9.99. The summed E-state index contributed by atoms with van der Waals surface area (Å²) < 4.78 is 5.34. The van der Waals surface area contributed by atoms with E-state index in [2.05, 4.69) is 30.5 Å². The number of hydrazine groups is 1.